The van der Waals surface area contributed by atoms with E-state index in [1.165, 1.54) is 17.0 Å². The van der Waals surface area contributed by atoms with E-state index in [0.717, 1.165) is 10.9 Å². The van der Waals surface area contributed by atoms with Crippen LogP contribution < -0.4 is 10.1 Å². The van der Waals surface area contributed by atoms with E-state index in [-0.39, 0.29) is 29.0 Å². The Bertz CT molecular complexity index is 1590. The van der Waals surface area contributed by atoms with Crippen LogP contribution in [-0.2, 0) is 0 Å². The van der Waals surface area contributed by atoms with Gasteiger partial charge in [-0.15, -0.1) is 0 Å². The molecule has 9 heteroatoms. The molecule has 188 valence electrons. The molecular weight excluding hydrogens is 470 g/mol. The first-order valence-corrected chi connectivity index (χ1v) is 12.1. The first-order chi connectivity index (χ1) is 17.7. The summed E-state index contributed by atoms with van der Waals surface area (Å²) < 4.78 is 7.06. The Kier molecular flexibility index (Phi) is 5.99. The van der Waals surface area contributed by atoms with Crippen molar-refractivity contribution in [2.24, 2.45) is 0 Å². The molecule has 0 aliphatic carbocycles. The summed E-state index contributed by atoms with van der Waals surface area (Å²) in [5.41, 5.74) is 3.18. The fraction of sp³-hybridized carbons (Fsp3) is 0.250. The van der Waals surface area contributed by atoms with Crippen LogP contribution in [0.2, 0.25) is 0 Å². The average Bonchev–Trinajstić information content (AvgIpc) is 3.38. The van der Waals surface area contributed by atoms with Crippen molar-refractivity contribution < 1.29 is 19.1 Å². The molecule has 37 heavy (non-hydrogen) atoms. The van der Waals surface area contributed by atoms with E-state index < -0.39 is 5.91 Å². The molecule has 0 saturated heterocycles. The molecule has 0 bridgehead atoms. The van der Waals surface area contributed by atoms with Crippen LogP contribution in [-0.4, -0.2) is 50.5 Å². The van der Waals surface area contributed by atoms with Gasteiger partial charge in [-0.3, -0.25) is 19.3 Å². The molecule has 0 spiro atoms. The number of anilines is 1. The number of hydrogen-bond donors (Lipinski definition) is 1. The summed E-state index contributed by atoms with van der Waals surface area (Å²) in [4.78, 5) is 44.9. The smallest absolute Gasteiger partial charge is 0.261 e. The van der Waals surface area contributed by atoms with Gasteiger partial charge in [0, 0.05) is 23.1 Å². The van der Waals surface area contributed by atoms with Crippen molar-refractivity contribution in [2.45, 2.75) is 40.2 Å². The molecule has 0 radical (unpaired) electrons. The second-order valence-electron chi connectivity index (χ2n) is 9.19. The van der Waals surface area contributed by atoms with Gasteiger partial charge < -0.3 is 10.1 Å². The lowest BCUT2D eigenvalue weighted by Crippen LogP contribution is -2.37. The van der Waals surface area contributed by atoms with E-state index in [4.69, 9.17) is 9.72 Å². The largest absolute Gasteiger partial charge is 0.494 e. The van der Waals surface area contributed by atoms with Gasteiger partial charge in [-0.1, -0.05) is 19.1 Å². The molecule has 2 aromatic carbocycles. The summed E-state index contributed by atoms with van der Waals surface area (Å²) in [5.74, 6) is 0.449. The SMILES string of the molecule is CCC(C)N1C(=O)c2ccc(C(=O)Nc3cc(C)nn3-c3cc(C)c4cccc(OC)c4n3)cc2C1=O. The Hall–Kier alpha value is -4.53. The quantitative estimate of drug-likeness (QED) is 0.387. The van der Waals surface area contributed by atoms with E-state index in [2.05, 4.69) is 10.4 Å². The molecule has 1 aliphatic heterocycles. The molecule has 1 N–H and O–H groups in total. The lowest BCUT2D eigenvalue weighted by atomic mass is 10.1. The van der Waals surface area contributed by atoms with Gasteiger partial charge in [0.05, 0.1) is 23.9 Å². The van der Waals surface area contributed by atoms with Crippen LogP contribution in [0.4, 0.5) is 5.82 Å². The maximum absolute atomic E-state index is 13.2. The molecule has 1 atom stereocenters. The topological polar surface area (TPSA) is 106 Å². The van der Waals surface area contributed by atoms with E-state index >= 15 is 0 Å². The first kappa shape index (κ1) is 24.2. The summed E-state index contributed by atoms with van der Waals surface area (Å²) in [5, 5.41) is 8.39. The van der Waals surface area contributed by atoms with E-state index in [1.807, 2.05) is 52.0 Å². The lowest BCUT2D eigenvalue weighted by molar-refractivity contribution is 0.0593. The van der Waals surface area contributed by atoms with Crippen LogP contribution in [0.5, 0.6) is 5.75 Å². The van der Waals surface area contributed by atoms with E-state index in [9.17, 15) is 14.4 Å². The second-order valence-corrected chi connectivity index (χ2v) is 9.19. The fourth-order valence-corrected chi connectivity index (χ4v) is 4.58. The number of methoxy groups -OCH3 is 1. The molecule has 2 aromatic heterocycles. The Morgan fingerprint density at radius 1 is 1.05 bits per heavy atom. The van der Waals surface area contributed by atoms with Gasteiger partial charge in [0.1, 0.15) is 17.1 Å². The van der Waals surface area contributed by atoms with Crippen molar-refractivity contribution in [2.75, 3.05) is 12.4 Å². The third kappa shape index (κ3) is 4.02. The number of nitrogens with one attached hydrogen (secondary N) is 1. The summed E-state index contributed by atoms with van der Waals surface area (Å²) in [6.45, 7) is 7.55. The van der Waals surface area contributed by atoms with Gasteiger partial charge in [0.2, 0.25) is 0 Å². The predicted molar refractivity (Wildman–Crippen MR) is 140 cm³/mol. The highest BCUT2D eigenvalue weighted by Crippen LogP contribution is 2.30. The van der Waals surface area contributed by atoms with Gasteiger partial charge in [-0.25, -0.2) is 4.98 Å². The number of amides is 3. The molecular formula is C28H27N5O4. The summed E-state index contributed by atoms with van der Waals surface area (Å²) >= 11 is 0. The van der Waals surface area contributed by atoms with Crippen molar-refractivity contribution in [3.05, 3.63) is 76.5 Å². The average molecular weight is 498 g/mol. The number of rotatable bonds is 6. The van der Waals surface area contributed by atoms with Crippen LogP contribution >= 0.6 is 0 Å². The Balaban J connectivity index is 1.49. The number of pyridine rings is 1. The highest BCUT2D eigenvalue weighted by atomic mass is 16.5. The summed E-state index contributed by atoms with van der Waals surface area (Å²) in [7, 11) is 1.60. The van der Waals surface area contributed by atoms with Gasteiger partial charge in [-0.2, -0.15) is 9.78 Å². The van der Waals surface area contributed by atoms with Crippen LogP contribution in [0, 0.1) is 13.8 Å². The lowest BCUT2D eigenvalue weighted by Gasteiger charge is -2.20. The minimum Gasteiger partial charge on any atom is -0.494 e. The second kappa shape index (κ2) is 9.16. The molecule has 0 saturated carbocycles. The molecule has 1 unspecified atom stereocenters. The predicted octanol–water partition coefficient (Wildman–Crippen LogP) is 4.69. The van der Waals surface area contributed by atoms with Crippen LogP contribution in [0.25, 0.3) is 16.7 Å². The number of hydrogen-bond acceptors (Lipinski definition) is 6. The maximum atomic E-state index is 13.2. The summed E-state index contributed by atoms with van der Waals surface area (Å²) in [6.07, 6.45) is 0.649. The molecule has 1 aliphatic rings. The molecule has 4 aromatic rings. The van der Waals surface area contributed by atoms with Crippen molar-refractivity contribution in [1.82, 2.24) is 19.7 Å². The standard InChI is InChI=1S/C28H27N5O4/c1-6-17(4)32-27(35)20-11-10-18(14-21(20)28(32)36)26(34)30-24-13-16(3)31-33(24)23-12-15(2)19-8-7-9-22(37-5)25(19)29-23/h7-14,17H,6H2,1-5H3,(H,30,34). The Morgan fingerprint density at radius 3 is 2.54 bits per heavy atom. The number of ether oxygens (including phenoxy) is 1. The van der Waals surface area contributed by atoms with E-state index in [1.54, 1.807) is 23.9 Å². The number of carbonyl (C=O) groups is 3. The Labute approximate surface area is 214 Å². The van der Waals surface area contributed by atoms with Crippen LogP contribution in [0.3, 0.4) is 0 Å². The number of para-hydroxylation sites is 1. The van der Waals surface area contributed by atoms with Gasteiger partial charge in [-0.05, 0) is 63.1 Å². The van der Waals surface area contributed by atoms with Crippen molar-refractivity contribution in [3.8, 4) is 11.6 Å². The number of nitrogens with zero attached hydrogens (tertiary/aromatic N) is 4. The zero-order valence-electron chi connectivity index (χ0n) is 21.3. The first-order valence-electron chi connectivity index (χ1n) is 12.1. The number of fused-ring (bicyclic) bond motifs is 2. The molecule has 3 heterocycles. The van der Waals surface area contributed by atoms with Crippen molar-refractivity contribution in [1.29, 1.82) is 0 Å². The number of imide groups is 1. The minimum atomic E-state index is -0.429. The number of aryl methyl sites for hydroxylation is 2. The van der Waals surface area contributed by atoms with Crippen molar-refractivity contribution in [3.63, 3.8) is 0 Å². The zero-order valence-corrected chi connectivity index (χ0v) is 21.3. The normalized spacial score (nSPS) is 13.7. The molecule has 0 fully saturated rings. The van der Waals surface area contributed by atoms with Gasteiger partial charge in [0.15, 0.2) is 5.82 Å². The Morgan fingerprint density at radius 2 is 1.81 bits per heavy atom. The third-order valence-electron chi connectivity index (χ3n) is 6.72. The maximum Gasteiger partial charge on any atom is 0.261 e. The molecule has 3 amide bonds. The fourth-order valence-electron chi connectivity index (χ4n) is 4.58. The number of benzene rings is 2. The molecule has 5 rings (SSSR count). The van der Waals surface area contributed by atoms with Gasteiger partial charge in [0.25, 0.3) is 17.7 Å². The zero-order chi connectivity index (χ0) is 26.4. The number of aromatic nitrogens is 3. The van der Waals surface area contributed by atoms with E-state index in [0.29, 0.717) is 40.6 Å². The van der Waals surface area contributed by atoms with Crippen LogP contribution in [0.1, 0.15) is 62.6 Å². The third-order valence-corrected chi connectivity index (χ3v) is 6.72. The van der Waals surface area contributed by atoms with Gasteiger partial charge >= 0.3 is 0 Å². The monoisotopic (exact) mass is 497 g/mol. The highest BCUT2D eigenvalue weighted by Gasteiger charge is 2.38. The molecule has 9 nitrogen and oxygen atoms in total. The number of carbonyl (C=O) groups excluding carboxylic acids is 3. The minimum absolute atomic E-state index is 0.224. The highest BCUT2D eigenvalue weighted by molar-refractivity contribution is 6.22. The van der Waals surface area contributed by atoms with Crippen molar-refractivity contribution >= 4 is 34.4 Å². The summed E-state index contributed by atoms with van der Waals surface area (Å²) in [6, 6.07) is 13.7. The van der Waals surface area contributed by atoms with Crippen LogP contribution in [0.15, 0.2) is 48.5 Å².